The van der Waals surface area contributed by atoms with E-state index in [0.717, 1.165) is 0 Å². The van der Waals surface area contributed by atoms with Crippen LogP contribution in [0.15, 0.2) is 133 Å². The molecule has 9 rings (SSSR count). The quantitative estimate of drug-likeness (QED) is 0.184. The van der Waals surface area contributed by atoms with E-state index in [-0.39, 0.29) is 10.8 Å². The lowest BCUT2D eigenvalue weighted by Gasteiger charge is -2.23. The molecule has 0 aliphatic heterocycles. The van der Waals surface area contributed by atoms with Crippen LogP contribution in [0.4, 0.5) is 0 Å². The van der Waals surface area contributed by atoms with Crippen LogP contribution in [-0.2, 0) is 10.8 Å². The van der Waals surface area contributed by atoms with Crippen molar-refractivity contribution in [3.8, 4) is 44.5 Å². The Bertz CT molecular complexity index is 2310. The Labute approximate surface area is 259 Å². The lowest BCUT2D eigenvalue weighted by Crippen LogP contribution is -2.15. The van der Waals surface area contributed by atoms with E-state index in [0.29, 0.717) is 0 Å². The second-order valence-corrected chi connectivity index (χ2v) is 13.8. The molecule has 44 heavy (non-hydrogen) atoms. The van der Waals surface area contributed by atoms with Gasteiger partial charge in [-0.25, -0.2) is 0 Å². The topological polar surface area (TPSA) is 0 Å². The van der Waals surface area contributed by atoms with Gasteiger partial charge in [0, 0.05) is 10.8 Å². The van der Waals surface area contributed by atoms with E-state index in [1.54, 1.807) is 0 Å². The highest BCUT2D eigenvalue weighted by Gasteiger charge is 2.37. The highest BCUT2D eigenvalue weighted by Crippen LogP contribution is 2.52. The Morgan fingerprint density at radius 1 is 0.318 bits per heavy atom. The summed E-state index contributed by atoms with van der Waals surface area (Å²) in [5.74, 6) is 0. The summed E-state index contributed by atoms with van der Waals surface area (Å²) < 4.78 is 0. The second-order valence-electron chi connectivity index (χ2n) is 13.8. The maximum atomic E-state index is 2.48. The zero-order valence-corrected chi connectivity index (χ0v) is 25.7. The summed E-state index contributed by atoms with van der Waals surface area (Å²) in [6.07, 6.45) is 0. The number of hydrogen-bond acceptors (Lipinski definition) is 0. The molecule has 0 saturated carbocycles. The van der Waals surface area contributed by atoms with Gasteiger partial charge >= 0.3 is 0 Å². The van der Waals surface area contributed by atoms with Crippen LogP contribution in [0.1, 0.15) is 49.9 Å². The molecule has 2 aliphatic rings. The minimum atomic E-state index is -0.0733. The van der Waals surface area contributed by atoms with Gasteiger partial charge in [0.25, 0.3) is 0 Å². The maximum absolute atomic E-state index is 2.48. The molecule has 0 aromatic heterocycles. The van der Waals surface area contributed by atoms with Gasteiger partial charge in [-0.2, -0.15) is 0 Å². The van der Waals surface area contributed by atoms with E-state index in [1.807, 2.05) is 0 Å². The second kappa shape index (κ2) is 8.80. The summed E-state index contributed by atoms with van der Waals surface area (Å²) in [5, 5.41) is 5.26. The molecule has 0 atom stereocenters. The lowest BCUT2D eigenvalue weighted by atomic mass is 9.80. The van der Waals surface area contributed by atoms with Crippen molar-refractivity contribution in [3.63, 3.8) is 0 Å². The van der Waals surface area contributed by atoms with Gasteiger partial charge in [0.15, 0.2) is 0 Å². The summed E-state index contributed by atoms with van der Waals surface area (Å²) in [7, 11) is 0. The van der Waals surface area contributed by atoms with Crippen LogP contribution in [0.5, 0.6) is 0 Å². The zero-order chi connectivity index (χ0) is 29.8. The molecule has 0 amide bonds. The smallest absolute Gasteiger partial charge is 0.0159 e. The summed E-state index contributed by atoms with van der Waals surface area (Å²) in [5.41, 5.74) is 16.2. The van der Waals surface area contributed by atoms with Crippen molar-refractivity contribution in [3.05, 3.63) is 156 Å². The minimum absolute atomic E-state index is 0.0131. The molecule has 2 aliphatic carbocycles. The molecule has 7 aromatic carbocycles. The van der Waals surface area contributed by atoms with E-state index in [2.05, 4.69) is 161 Å². The van der Waals surface area contributed by atoms with Crippen LogP contribution in [0, 0.1) is 0 Å². The Hall–Kier alpha value is -4.94. The zero-order valence-electron chi connectivity index (χ0n) is 25.7. The van der Waals surface area contributed by atoms with E-state index < -0.39 is 0 Å². The maximum Gasteiger partial charge on any atom is 0.0159 e. The van der Waals surface area contributed by atoms with Gasteiger partial charge in [0.2, 0.25) is 0 Å². The van der Waals surface area contributed by atoms with Crippen molar-refractivity contribution in [2.75, 3.05) is 0 Å². The number of fused-ring (bicyclic) bond motifs is 9. The highest BCUT2D eigenvalue weighted by atomic mass is 14.4. The minimum Gasteiger partial charge on any atom is -0.0622 e. The standard InChI is InChI=1S/C44H34/c1-43(2)39-13-9-8-12-33(39)38-23-32-17-15-28-14-16-29(22-36(28)37(32)26-42(38)43)31-19-21-35-34-20-18-30(27-10-6-5-7-11-27)24-40(34)44(3,4)41(35)25-31/h5-26H,1-4H3. The molecule has 0 saturated heterocycles. The first-order chi connectivity index (χ1) is 21.3. The average molecular weight is 563 g/mol. The monoisotopic (exact) mass is 562 g/mol. The van der Waals surface area contributed by atoms with Crippen molar-refractivity contribution in [2.24, 2.45) is 0 Å². The first kappa shape index (κ1) is 25.5. The van der Waals surface area contributed by atoms with Crippen molar-refractivity contribution in [1.82, 2.24) is 0 Å². The van der Waals surface area contributed by atoms with Gasteiger partial charge < -0.3 is 0 Å². The van der Waals surface area contributed by atoms with Crippen LogP contribution in [0.25, 0.3) is 66.1 Å². The predicted octanol–water partition coefficient (Wildman–Crippen LogP) is 11.9. The third-order valence-electron chi connectivity index (χ3n) is 10.7. The Balaban J connectivity index is 1.17. The first-order valence-electron chi connectivity index (χ1n) is 15.8. The SMILES string of the molecule is CC1(C)c2cc(-c3ccccc3)ccc2-c2ccc(-c3ccc4ccc5cc6c(cc5c4c3)C(C)(C)c3ccccc3-6)cc21. The summed E-state index contributed by atoms with van der Waals surface area (Å²) in [4.78, 5) is 0. The molecule has 0 fully saturated rings. The molecule has 0 bridgehead atoms. The fraction of sp³-hybridized carbons (Fsp3) is 0.136. The highest BCUT2D eigenvalue weighted by molar-refractivity contribution is 6.11. The van der Waals surface area contributed by atoms with E-state index in [4.69, 9.17) is 0 Å². The number of benzene rings is 7. The summed E-state index contributed by atoms with van der Waals surface area (Å²) in [6.45, 7) is 9.50. The Morgan fingerprint density at radius 3 is 1.57 bits per heavy atom. The van der Waals surface area contributed by atoms with Crippen molar-refractivity contribution in [1.29, 1.82) is 0 Å². The van der Waals surface area contributed by atoms with Gasteiger partial charge in [-0.15, -0.1) is 0 Å². The van der Waals surface area contributed by atoms with E-state index in [9.17, 15) is 0 Å². The largest absolute Gasteiger partial charge is 0.0622 e. The third kappa shape index (κ3) is 3.46. The molecular formula is C44H34. The third-order valence-corrected chi connectivity index (χ3v) is 10.7. The van der Waals surface area contributed by atoms with Gasteiger partial charge in [0.1, 0.15) is 0 Å². The first-order valence-corrected chi connectivity index (χ1v) is 15.8. The number of hydrogen-bond donors (Lipinski definition) is 0. The van der Waals surface area contributed by atoms with E-state index >= 15 is 0 Å². The van der Waals surface area contributed by atoms with Gasteiger partial charge in [-0.05, 0) is 119 Å². The van der Waals surface area contributed by atoms with Crippen LogP contribution in [0.3, 0.4) is 0 Å². The van der Waals surface area contributed by atoms with E-state index in [1.165, 1.54) is 88.3 Å². The van der Waals surface area contributed by atoms with Crippen LogP contribution in [0.2, 0.25) is 0 Å². The number of rotatable bonds is 2. The van der Waals surface area contributed by atoms with Crippen molar-refractivity contribution in [2.45, 2.75) is 38.5 Å². The normalized spacial score (nSPS) is 15.2. The molecule has 0 heteroatoms. The predicted molar refractivity (Wildman–Crippen MR) is 187 cm³/mol. The summed E-state index contributed by atoms with van der Waals surface area (Å²) in [6, 6.07) is 50.3. The summed E-state index contributed by atoms with van der Waals surface area (Å²) >= 11 is 0. The van der Waals surface area contributed by atoms with Gasteiger partial charge in [-0.1, -0.05) is 131 Å². The molecule has 0 unspecified atom stereocenters. The molecule has 0 nitrogen and oxygen atoms in total. The Morgan fingerprint density at radius 2 is 0.818 bits per heavy atom. The Kier molecular flexibility index (Phi) is 5.11. The van der Waals surface area contributed by atoms with Gasteiger partial charge in [0.05, 0.1) is 0 Å². The van der Waals surface area contributed by atoms with Crippen molar-refractivity contribution < 1.29 is 0 Å². The lowest BCUT2D eigenvalue weighted by molar-refractivity contribution is 0.661. The fourth-order valence-electron chi connectivity index (χ4n) is 8.16. The van der Waals surface area contributed by atoms with Crippen LogP contribution < -0.4 is 0 Å². The molecule has 0 spiro atoms. The molecule has 210 valence electrons. The average Bonchev–Trinajstić information content (AvgIpc) is 3.42. The molecule has 0 radical (unpaired) electrons. The molecule has 0 heterocycles. The molecular weight excluding hydrogens is 528 g/mol. The van der Waals surface area contributed by atoms with Crippen LogP contribution >= 0.6 is 0 Å². The fourth-order valence-corrected chi connectivity index (χ4v) is 8.16. The molecule has 0 N–H and O–H groups in total. The van der Waals surface area contributed by atoms with Gasteiger partial charge in [-0.3, -0.25) is 0 Å². The molecule has 7 aromatic rings. The van der Waals surface area contributed by atoms with Crippen LogP contribution in [-0.4, -0.2) is 0 Å². The van der Waals surface area contributed by atoms with Crippen molar-refractivity contribution >= 4 is 21.5 Å².